The van der Waals surface area contributed by atoms with E-state index in [2.05, 4.69) is 32.9 Å². The van der Waals surface area contributed by atoms with Crippen LogP contribution in [0.2, 0.25) is 0 Å². The van der Waals surface area contributed by atoms with Gasteiger partial charge in [0.15, 0.2) is 12.1 Å². The summed E-state index contributed by atoms with van der Waals surface area (Å²) < 4.78 is 16.2. The molecule has 6 heteroatoms. The molecule has 0 aliphatic heterocycles. The molecule has 0 bridgehead atoms. The van der Waals surface area contributed by atoms with E-state index in [1.807, 2.05) is 0 Å². The lowest BCUT2D eigenvalue weighted by Gasteiger charge is -2.09. The fourth-order valence-corrected chi connectivity index (χ4v) is 2.63. The van der Waals surface area contributed by atoms with Crippen molar-refractivity contribution in [3.63, 3.8) is 0 Å². The maximum Gasteiger partial charge on any atom is 0.153 e. The molecule has 2 heterocycles. The standard InChI is InChI=1S/C14H13BrFN3O/c1-8(9-2-3-9)19-6-10(7-20)14(18-19)11-4-13(15)17-5-12(11)16/h4-9H,2-3H2,1H3. The lowest BCUT2D eigenvalue weighted by Crippen LogP contribution is -2.07. The molecule has 104 valence electrons. The molecule has 20 heavy (non-hydrogen) atoms. The molecule has 0 aromatic carbocycles. The molecule has 0 amide bonds. The highest BCUT2D eigenvalue weighted by atomic mass is 79.9. The molecule has 1 fully saturated rings. The average Bonchev–Trinajstić information content (AvgIpc) is 3.20. The lowest BCUT2D eigenvalue weighted by molar-refractivity contribution is 0.112. The van der Waals surface area contributed by atoms with Gasteiger partial charge in [0.2, 0.25) is 0 Å². The normalized spacial score (nSPS) is 16.1. The summed E-state index contributed by atoms with van der Waals surface area (Å²) in [5.41, 5.74) is 1.05. The van der Waals surface area contributed by atoms with Crippen LogP contribution in [-0.4, -0.2) is 21.1 Å². The van der Waals surface area contributed by atoms with Gasteiger partial charge in [-0.1, -0.05) is 0 Å². The van der Waals surface area contributed by atoms with Gasteiger partial charge in [-0.3, -0.25) is 9.48 Å². The Labute approximate surface area is 124 Å². The van der Waals surface area contributed by atoms with Crippen LogP contribution in [0.25, 0.3) is 11.3 Å². The Balaban J connectivity index is 2.07. The summed E-state index contributed by atoms with van der Waals surface area (Å²) in [5, 5.41) is 4.41. The number of carbonyl (C=O) groups excluding carboxylic acids is 1. The Morgan fingerprint density at radius 1 is 1.55 bits per heavy atom. The highest BCUT2D eigenvalue weighted by Crippen LogP contribution is 2.39. The van der Waals surface area contributed by atoms with E-state index >= 15 is 0 Å². The number of hydrogen-bond donors (Lipinski definition) is 0. The Morgan fingerprint density at radius 3 is 2.95 bits per heavy atom. The van der Waals surface area contributed by atoms with Crippen LogP contribution in [0.4, 0.5) is 4.39 Å². The number of hydrogen-bond acceptors (Lipinski definition) is 3. The van der Waals surface area contributed by atoms with Crippen LogP contribution in [0.1, 0.15) is 36.2 Å². The summed E-state index contributed by atoms with van der Waals surface area (Å²) >= 11 is 3.21. The van der Waals surface area contributed by atoms with Gasteiger partial charge < -0.3 is 0 Å². The first-order valence-electron chi connectivity index (χ1n) is 6.46. The van der Waals surface area contributed by atoms with Gasteiger partial charge in [-0.2, -0.15) is 5.10 Å². The van der Waals surface area contributed by atoms with E-state index in [1.54, 1.807) is 10.9 Å². The number of rotatable bonds is 4. The SMILES string of the molecule is CC(C1CC1)n1cc(C=O)c(-c2cc(Br)ncc2F)n1. The maximum atomic E-state index is 13.9. The van der Waals surface area contributed by atoms with E-state index in [-0.39, 0.29) is 11.6 Å². The van der Waals surface area contributed by atoms with Crippen molar-refractivity contribution in [3.8, 4) is 11.3 Å². The Bertz CT molecular complexity index is 666. The molecule has 1 unspecified atom stereocenters. The van der Waals surface area contributed by atoms with Crippen LogP contribution >= 0.6 is 15.9 Å². The minimum absolute atomic E-state index is 0.232. The Hall–Kier alpha value is -1.56. The van der Waals surface area contributed by atoms with E-state index in [9.17, 15) is 9.18 Å². The molecule has 2 aromatic heterocycles. The van der Waals surface area contributed by atoms with E-state index < -0.39 is 5.82 Å². The number of aldehydes is 1. The summed E-state index contributed by atoms with van der Waals surface area (Å²) in [4.78, 5) is 15.0. The van der Waals surface area contributed by atoms with E-state index in [0.717, 1.165) is 6.20 Å². The highest BCUT2D eigenvalue weighted by Gasteiger charge is 2.30. The molecule has 3 rings (SSSR count). The minimum atomic E-state index is -0.486. The zero-order chi connectivity index (χ0) is 14.3. The third-order valence-electron chi connectivity index (χ3n) is 3.69. The number of nitrogens with zero attached hydrogens (tertiary/aromatic N) is 3. The minimum Gasteiger partial charge on any atom is -0.298 e. The first kappa shape index (κ1) is 13.4. The molecule has 0 N–H and O–H groups in total. The maximum absolute atomic E-state index is 13.9. The second-order valence-corrected chi connectivity index (χ2v) is 5.91. The number of pyridine rings is 1. The van der Waals surface area contributed by atoms with Gasteiger partial charge in [0, 0.05) is 11.8 Å². The second-order valence-electron chi connectivity index (χ2n) is 5.10. The molecule has 4 nitrogen and oxygen atoms in total. The largest absolute Gasteiger partial charge is 0.298 e. The zero-order valence-electron chi connectivity index (χ0n) is 10.9. The summed E-state index contributed by atoms with van der Waals surface area (Å²) in [6.07, 6.45) is 5.90. The molecule has 1 saturated carbocycles. The summed E-state index contributed by atoms with van der Waals surface area (Å²) in [6, 6.07) is 1.77. The Kier molecular flexibility index (Phi) is 3.41. The predicted octanol–water partition coefficient (Wildman–Crippen LogP) is 3.63. The van der Waals surface area contributed by atoms with Gasteiger partial charge >= 0.3 is 0 Å². The highest BCUT2D eigenvalue weighted by molar-refractivity contribution is 9.10. The topological polar surface area (TPSA) is 47.8 Å². The molecule has 0 radical (unpaired) electrons. The number of carbonyl (C=O) groups is 1. The quantitative estimate of drug-likeness (QED) is 0.632. The van der Waals surface area contributed by atoms with Crippen molar-refractivity contribution < 1.29 is 9.18 Å². The molecular formula is C14H13BrFN3O. The van der Waals surface area contributed by atoms with Crippen LogP contribution in [-0.2, 0) is 0 Å². The van der Waals surface area contributed by atoms with Gasteiger partial charge in [-0.15, -0.1) is 0 Å². The van der Waals surface area contributed by atoms with Crippen LogP contribution in [0.5, 0.6) is 0 Å². The monoisotopic (exact) mass is 337 g/mol. The van der Waals surface area contributed by atoms with Gasteiger partial charge in [-0.05, 0) is 47.7 Å². The summed E-state index contributed by atoms with van der Waals surface area (Å²) in [6.45, 7) is 2.07. The van der Waals surface area contributed by atoms with Gasteiger partial charge in [0.1, 0.15) is 10.3 Å². The van der Waals surface area contributed by atoms with E-state index in [1.165, 1.54) is 18.9 Å². The summed E-state index contributed by atoms with van der Waals surface area (Å²) in [7, 11) is 0. The van der Waals surface area contributed by atoms with Crippen molar-refractivity contribution in [2.45, 2.75) is 25.8 Å². The lowest BCUT2D eigenvalue weighted by atomic mass is 10.1. The predicted molar refractivity (Wildman–Crippen MR) is 75.9 cm³/mol. The van der Waals surface area contributed by atoms with E-state index in [4.69, 9.17) is 0 Å². The first-order valence-corrected chi connectivity index (χ1v) is 7.25. The zero-order valence-corrected chi connectivity index (χ0v) is 12.5. The van der Waals surface area contributed by atoms with Crippen molar-refractivity contribution in [1.29, 1.82) is 0 Å². The van der Waals surface area contributed by atoms with Crippen molar-refractivity contribution in [3.05, 3.63) is 34.4 Å². The fraction of sp³-hybridized carbons (Fsp3) is 0.357. The van der Waals surface area contributed by atoms with Gasteiger partial charge in [0.05, 0.1) is 17.8 Å². The fourth-order valence-electron chi connectivity index (χ4n) is 2.30. The first-order chi connectivity index (χ1) is 9.60. The van der Waals surface area contributed by atoms with Gasteiger partial charge in [0.25, 0.3) is 0 Å². The van der Waals surface area contributed by atoms with Crippen molar-refractivity contribution in [1.82, 2.24) is 14.8 Å². The molecular weight excluding hydrogens is 325 g/mol. The van der Waals surface area contributed by atoms with Crippen molar-refractivity contribution >= 4 is 22.2 Å². The van der Waals surface area contributed by atoms with Crippen molar-refractivity contribution in [2.75, 3.05) is 0 Å². The number of halogens is 2. The smallest absolute Gasteiger partial charge is 0.153 e. The molecule has 1 aliphatic carbocycles. The third-order valence-corrected chi connectivity index (χ3v) is 4.12. The third kappa shape index (κ3) is 2.40. The average molecular weight is 338 g/mol. The van der Waals surface area contributed by atoms with Gasteiger partial charge in [-0.25, -0.2) is 9.37 Å². The van der Waals surface area contributed by atoms with Crippen LogP contribution < -0.4 is 0 Å². The molecule has 1 aliphatic rings. The van der Waals surface area contributed by atoms with Crippen LogP contribution in [0.3, 0.4) is 0 Å². The van der Waals surface area contributed by atoms with Crippen LogP contribution in [0.15, 0.2) is 23.1 Å². The van der Waals surface area contributed by atoms with E-state index in [0.29, 0.717) is 28.1 Å². The second kappa shape index (κ2) is 5.09. The molecule has 2 aromatic rings. The Morgan fingerprint density at radius 2 is 2.30 bits per heavy atom. The molecule has 1 atom stereocenters. The van der Waals surface area contributed by atoms with Crippen molar-refractivity contribution in [2.24, 2.45) is 5.92 Å². The summed E-state index contributed by atoms with van der Waals surface area (Å²) in [5.74, 6) is 0.122. The molecule has 0 spiro atoms. The van der Waals surface area contributed by atoms with Crippen LogP contribution in [0, 0.1) is 11.7 Å². The number of aromatic nitrogens is 3. The molecule has 0 saturated heterocycles.